The van der Waals surface area contributed by atoms with Crippen LogP contribution in [-0.2, 0) is 12.7 Å². The van der Waals surface area contributed by atoms with Crippen molar-refractivity contribution in [3.8, 4) is 28.7 Å². The first-order chi connectivity index (χ1) is 16.8. The first kappa shape index (κ1) is 22.6. The normalized spacial score (nSPS) is 13.9. The average molecular weight is 484 g/mol. The highest BCUT2D eigenvalue weighted by Gasteiger charge is 2.30. The summed E-state index contributed by atoms with van der Waals surface area (Å²) in [6.07, 6.45) is -1.54. The van der Waals surface area contributed by atoms with Crippen LogP contribution in [0.4, 0.5) is 18.0 Å². The Morgan fingerprint density at radius 1 is 1.00 bits per heavy atom. The summed E-state index contributed by atoms with van der Waals surface area (Å²) >= 11 is 0. The zero-order valence-corrected chi connectivity index (χ0v) is 18.3. The van der Waals surface area contributed by atoms with Gasteiger partial charge >= 0.3 is 18.3 Å². The minimum absolute atomic E-state index is 0.209. The Labute approximate surface area is 197 Å². The Morgan fingerprint density at radius 2 is 1.69 bits per heavy atom. The van der Waals surface area contributed by atoms with Crippen LogP contribution >= 0.6 is 0 Å². The molecule has 0 unspecified atom stereocenters. The molecule has 1 saturated heterocycles. The molecule has 0 atom stereocenters. The van der Waals surface area contributed by atoms with E-state index in [1.165, 1.54) is 12.1 Å². The van der Waals surface area contributed by atoms with E-state index >= 15 is 0 Å². The highest BCUT2D eigenvalue weighted by molar-refractivity contribution is 5.70. The van der Waals surface area contributed by atoms with Gasteiger partial charge < -0.3 is 9.64 Å². The quantitative estimate of drug-likeness (QED) is 0.406. The zero-order chi connectivity index (χ0) is 24.4. The van der Waals surface area contributed by atoms with Crippen LogP contribution in [0.3, 0.4) is 0 Å². The second-order valence-corrected chi connectivity index (χ2v) is 8.02. The van der Waals surface area contributed by atoms with Crippen LogP contribution < -0.4 is 4.74 Å². The van der Waals surface area contributed by atoms with Crippen LogP contribution in [0.2, 0.25) is 0 Å². The molecule has 0 N–H and O–H groups in total. The summed E-state index contributed by atoms with van der Waals surface area (Å²) in [5, 5.41) is 12.0. The summed E-state index contributed by atoms with van der Waals surface area (Å²) in [6, 6.07) is 12.1. The molecule has 2 aromatic heterocycles. The third kappa shape index (κ3) is 5.15. The van der Waals surface area contributed by atoms with Crippen molar-refractivity contribution in [3.63, 3.8) is 0 Å². The van der Waals surface area contributed by atoms with Gasteiger partial charge in [0.25, 0.3) is 0 Å². The van der Waals surface area contributed by atoms with E-state index in [9.17, 15) is 18.0 Å². The highest BCUT2D eigenvalue weighted by Crippen LogP contribution is 2.30. The lowest BCUT2D eigenvalue weighted by atomic mass is 10.1. The van der Waals surface area contributed by atoms with E-state index in [0.29, 0.717) is 36.5 Å². The third-order valence-electron chi connectivity index (χ3n) is 5.55. The Kier molecular flexibility index (Phi) is 5.93. The summed E-state index contributed by atoms with van der Waals surface area (Å²) in [5.41, 5.74) is 1.87. The van der Waals surface area contributed by atoms with Crippen LogP contribution in [0, 0.1) is 0 Å². The van der Waals surface area contributed by atoms with Crippen LogP contribution in [0.5, 0.6) is 6.08 Å². The molecule has 0 saturated carbocycles. The van der Waals surface area contributed by atoms with E-state index in [2.05, 4.69) is 20.5 Å². The van der Waals surface area contributed by atoms with Gasteiger partial charge in [0.05, 0.1) is 18.3 Å². The van der Waals surface area contributed by atoms with Gasteiger partial charge in [-0.25, -0.2) is 9.48 Å². The smallest absolute Gasteiger partial charge is 0.359 e. The molecular formula is C23H19F3N6O3. The maximum atomic E-state index is 12.7. The van der Waals surface area contributed by atoms with Crippen LogP contribution in [-0.4, -0.2) is 49.2 Å². The lowest BCUT2D eigenvalue weighted by Crippen LogP contribution is -2.30. The summed E-state index contributed by atoms with van der Waals surface area (Å²) in [7, 11) is 0. The molecule has 9 nitrogen and oxygen atoms in total. The van der Waals surface area contributed by atoms with Gasteiger partial charge in [-0.3, -0.25) is 4.52 Å². The van der Waals surface area contributed by atoms with Crippen LogP contribution in [0.15, 0.2) is 59.3 Å². The molecule has 12 heteroatoms. The molecular weight excluding hydrogens is 465 g/mol. The van der Waals surface area contributed by atoms with Gasteiger partial charge in [-0.1, -0.05) is 46.8 Å². The maximum absolute atomic E-state index is 12.7. The fourth-order valence-corrected chi connectivity index (χ4v) is 3.69. The Bertz CT molecular complexity index is 1310. The zero-order valence-electron chi connectivity index (χ0n) is 18.3. The molecule has 0 radical (unpaired) electrons. The molecule has 1 fully saturated rings. The summed E-state index contributed by atoms with van der Waals surface area (Å²) in [4.78, 5) is 17.8. The van der Waals surface area contributed by atoms with Crippen molar-refractivity contribution in [3.05, 3.63) is 65.9 Å². The predicted molar refractivity (Wildman–Crippen MR) is 116 cm³/mol. The molecule has 1 amide bonds. The molecule has 180 valence electrons. The molecule has 0 aliphatic carbocycles. The first-order valence-electron chi connectivity index (χ1n) is 10.8. The van der Waals surface area contributed by atoms with E-state index in [1.54, 1.807) is 27.9 Å². The van der Waals surface area contributed by atoms with Gasteiger partial charge in [0.15, 0.2) is 0 Å². The SMILES string of the molecule is O=C(Oc1nc(-c2ccc(Cn3cc(-c4ccc(C(F)(F)F)cc4)nn3)cc2)no1)N1CCCC1. The third-order valence-corrected chi connectivity index (χ3v) is 5.55. The highest BCUT2D eigenvalue weighted by atomic mass is 19.4. The Morgan fingerprint density at radius 3 is 2.37 bits per heavy atom. The lowest BCUT2D eigenvalue weighted by Gasteiger charge is -2.11. The van der Waals surface area contributed by atoms with Crippen molar-refractivity contribution in [2.24, 2.45) is 0 Å². The lowest BCUT2D eigenvalue weighted by molar-refractivity contribution is -0.137. The molecule has 1 aliphatic rings. The van der Waals surface area contributed by atoms with Crippen molar-refractivity contribution in [2.75, 3.05) is 13.1 Å². The molecule has 2 aromatic carbocycles. The second kappa shape index (κ2) is 9.20. The number of carbonyl (C=O) groups excluding carboxylic acids is 1. The van der Waals surface area contributed by atoms with Crippen LogP contribution in [0.1, 0.15) is 24.0 Å². The second-order valence-electron chi connectivity index (χ2n) is 8.02. The van der Waals surface area contributed by atoms with Gasteiger partial charge in [-0.2, -0.15) is 18.2 Å². The summed E-state index contributed by atoms with van der Waals surface area (Å²) in [6.45, 7) is 1.71. The van der Waals surface area contributed by atoms with E-state index in [-0.39, 0.29) is 11.9 Å². The Balaban J connectivity index is 1.21. The number of likely N-dealkylation sites (tertiary alicyclic amines) is 1. The maximum Gasteiger partial charge on any atom is 0.426 e. The molecule has 4 aromatic rings. The molecule has 3 heterocycles. The number of hydrogen-bond acceptors (Lipinski definition) is 7. The molecule has 35 heavy (non-hydrogen) atoms. The number of halogens is 3. The fraction of sp³-hybridized carbons (Fsp3) is 0.261. The van der Waals surface area contributed by atoms with Crippen molar-refractivity contribution in [2.45, 2.75) is 25.6 Å². The van der Waals surface area contributed by atoms with Gasteiger partial charge in [0.1, 0.15) is 5.69 Å². The minimum atomic E-state index is -4.39. The topological polar surface area (TPSA) is 99.2 Å². The van der Waals surface area contributed by atoms with Gasteiger partial charge in [0, 0.05) is 24.2 Å². The van der Waals surface area contributed by atoms with Crippen molar-refractivity contribution < 1.29 is 27.2 Å². The number of amides is 1. The van der Waals surface area contributed by atoms with Gasteiger partial charge in [-0.15, -0.1) is 5.10 Å². The number of alkyl halides is 3. The number of hydrogen-bond donors (Lipinski definition) is 0. The monoisotopic (exact) mass is 484 g/mol. The van der Waals surface area contributed by atoms with Gasteiger partial charge in [-0.05, 0) is 30.5 Å². The number of nitrogens with zero attached hydrogens (tertiary/aromatic N) is 6. The standard InChI is InChI=1S/C23H19F3N6O3/c24-23(25,26)18-9-7-16(8-10-18)19-14-32(30-28-19)13-15-3-5-17(6-4-15)20-27-21(35-29-20)34-22(33)31-11-1-2-12-31/h3-10,14H,1-2,11-13H2. The van der Waals surface area contributed by atoms with Crippen molar-refractivity contribution in [1.82, 2.24) is 30.0 Å². The largest absolute Gasteiger partial charge is 0.426 e. The predicted octanol–water partition coefficient (Wildman–Crippen LogP) is 4.66. The minimum Gasteiger partial charge on any atom is -0.359 e. The number of rotatable bonds is 5. The number of ether oxygens (including phenoxy) is 1. The summed E-state index contributed by atoms with van der Waals surface area (Å²) in [5.74, 6) is 0.283. The number of carbonyl (C=O) groups is 1. The molecule has 1 aliphatic heterocycles. The van der Waals surface area contributed by atoms with Crippen molar-refractivity contribution in [1.29, 1.82) is 0 Å². The van der Waals surface area contributed by atoms with E-state index in [0.717, 1.165) is 30.5 Å². The van der Waals surface area contributed by atoms with Crippen molar-refractivity contribution >= 4 is 6.09 Å². The molecule has 0 spiro atoms. The number of benzene rings is 2. The molecule has 5 rings (SSSR count). The van der Waals surface area contributed by atoms with Crippen LogP contribution in [0.25, 0.3) is 22.6 Å². The Hall–Kier alpha value is -4.22. The van der Waals surface area contributed by atoms with E-state index in [1.807, 2.05) is 12.1 Å². The molecule has 0 bridgehead atoms. The number of aromatic nitrogens is 5. The summed E-state index contributed by atoms with van der Waals surface area (Å²) < 4.78 is 50.0. The fourth-order valence-electron chi connectivity index (χ4n) is 3.69. The van der Waals surface area contributed by atoms with E-state index < -0.39 is 17.8 Å². The van der Waals surface area contributed by atoms with E-state index in [4.69, 9.17) is 9.26 Å². The van der Waals surface area contributed by atoms with Gasteiger partial charge in [0.2, 0.25) is 5.82 Å². The first-order valence-corrected chi connectivity index (χ1v) is 10.8. The average Bonchev–Trinajstić information content (AvgIpc) is 3.62.